The number of pyridine rings is 1. The molecule has 0 amide bonds. The molecule has 0 fully saturated rings. The van der Waals surface area contributed by atoms with Crippen LogP contribution in [-0.4, -0.2) is 4.98 Å². The first-order valence-corrected chi connectivity index (χ1v) is 7.34. The van der Waals surface area contributed by atoms with Gasteiger partial charge in [0.25, 0.3) is 0 Å². The van der Waals surface area contributed by atoms with Crippen LogP contribution < -0.4 is 5.73 Å². The molecule has 1 heterocycles. The molecular formula is C15H17BrN2. The van der Waals surface area contributed by atoms with Crippen LogP contribution in [0.25, 0.3) is 10.9 Å². The predicted molar refractivity (Wildman–Crippen MR) is 79.9 cm³/mol. The number of benzene rings is 1. The van der Waals surface area contributed by atoms with E-state index >= 15 is 0 Å². The normalized spacial score (nSPS) is 15.4. The Labute approximate surface area is 116 Å². The Morgan fingerprint density at radius 3 is 2.78 bits per heavy atom. The van der Waals surface area contributed by atoms with Gasteiger partial charge >= 0.3 is 0 Å². The Morgan fingerprint density at radius 2 is 1.94 bits per heavy atom. The summed E-state index contributed by atoms with van der Waals surface area (Å²) in [4.78, 5) is 4.89. The molecular weight excluding hydrogens is 288 g/mol. The Balaban J connectivity index is 2.34. The lowest BCUT2D eigenvalue weighted by Gasteiger charge is -2.14. The van der Waals surface area contributed by atoms with Crippen molar-refractivity contribution in [3.63, 3.8) is 0 Å². The van der Waals surface area contributed by atoms with Crippen LogP contribution in [-0.2, 0) is 12.8 Å². The van der Waals surface area contributed by atoms with Gasteiger partial charge < -0.3 is 5.73 Å². The van der Waals surface area contributed by atoms with Crippen molar-refractivity contribution < 1.29 is 0 Å². The first-order chi connectivity index (χ1) is 8.68. The molecule has 0 spiro atoms. The van der Waals surface area contributed by atoms with Gasteiger partial charge in [0.15, 0.2) is 0 Å². The maximum absolute atomic E-state index is 6.37. The zero-order valence-electron chi connectivity index (χ0n) is 10.6. The molecule has 0 radical (unpaired) electrons. The van der Waals surface area contributed by atoms with Crippen molar-refractivity contribution in [3.05, 3.63) is 33.4 Å². The van der Waals surface area contributed by atoms with Gasteiger partial charge in [-0.25, -0.2) is 0 Å². The molecule has 0 aliphatic heterocycles. The van der Waals surface area contributed by atoms with Crippen LogP contribution in [0.4, 0.5) is 5.69 Å². The van der Waals surface area contributed by atoms with Crippen LogP contribution in [0.2, 0.25) is 0 Å². The largest absolute Gasteiger partial charge is 0.398 e. The third kappa shape index (κ3) is 1.81. The molecule has 1 aromatic carbocycles. The highest BCUT2D eigenvalue weighted by Crippen LogP contribution is 2.33. The number of hydrogen-bond acceptors (Lipinski definition) is 2. The molecule has 3 rings (SSSR count). The lowest BCUT2D eigenvalue weighted by molar-refractivity contribution is 0.709. The van der Waals surface area contributed by atoms with E-state index in [1.807, 2.05) is 0 Å². The molecule has 0 saturated heterocycles. The maximum Gasteiger partial charge on any atom is 0.0766 e. The Bertz CT molecular complexity index is 620. The third-order valence-electron chi connectivity index (χ3n) is 3.92. The zero-order valence-corrected chi connectivity index (χ0v) is 12.2. The van der Waals surface area contributed by atoms with Crippen LogP contribution in [0.1, 0.15) is 36.1 Å². The van der Waals surface area contributed by atoms with Crippen LogP contribution in [0, 0.1) is 6.92 Å². The summed E-state index contributed by atoms with van der Waals surface area (Å²) in [7, 11) is 0. The number of aryl methyl sites for hydroxylation is 2. The molecule has 94 valence electrons. The second-order valence-corrected chi connectivity index (χ2v) is 5.93. The maximum atomic E-state index is 6.37. The molecule has 0 bridgehead atoms. The van der Waals surface area contributed by atoms with Crippen molar-refractivity contribution in [1.82, 2.24) is 4.98 Å². The summed E-state index contributed by atoms with van der Waals surface area (Å²) in [5.74, 6) is 0. The van der Waals surface area contributed by atoms with Crippen LogP contribution in [0.3, 0.4) is 0 Å². The number of anilines is 1. The van der Waals surface area contributed by atoms with E-state index in [4.69, 9.17) is 10.7 Å². The molecule has 1 aromatic heterocycles. The standard InChI is InChI=1S/C15H17BrN2/c1-9-12(16)8-7-11-14(17)10-5-3-2-4-6-13(10)18-15(9)11/h7-8H,2-6H2,1H3,(H2,17,18). The third-order valence-corrected chi connectivity index (χ3v) is 4.77. The first-order valence-electron chi connectivity index (χ1n) is 6.54. The first kappa shape index (κ1) is 12.0. The minimum absolute atomic E-state index is 0.951. The van der Waals surface area contributed by atoms with Crippen LogP contribution in [0.15, 0.2) is 16.6 Å². The van der Waals surface area contributed by atoms with E-state index in [1.54, 1.807) is 0 Å². The summed E-state index contributed by atoms with van der Waals surface area (Å²) in [5.41, 5.74) is 12.1. The fourth-order valence-corrected chi connectivity index (χ4v) is 3.13. The summed E-state index contributed by atoms with van der Waals surface area (Å²) in [6.07, 6.45) is 5.91. The van der Waals surface area contributed by atoms with Gasteiger partial charge in [-0.2, -0.15) is 0 Å². The molecule has 0 atom stereocenters. The average Bonchev–Trinajstić information content (AvgIpc) is 2.60. The molecule has 18 heavy (non-hydrogen) atoms. The SMILES string of the molecule is Cc1c(Br)ccc2c(N)c3c(nc12)CCCCC3. The van der Waals surface area contributed by atoms with E-state index < -0.39 is 0 Å². The average molecular weight is 305 g/mol. The van der Waals surface area contributed by atoms with Crippen molar-refractivity contribution in [3.8, 4) is 0 Å². The minimum atomic E-state index is 0.951. The monoisotopic (exact) mass is 304 g/mol. The number of nitrogens with two attached hydrogens (primary N) is 1. The summed E-state index contributed by atoms with van der Waals surface area (Å²) in [6, 6.07) is 4.15. The van der Waals surface area contributed by atoms with Crippen LogP contribution >= 0.6 is 15.9 Å². The highest BCUT2D eigenvalue weighted by molar-refractivity contribution is 9.10. The Hall–Kier alpha value is -1.09. The minimum Gasteiger partial charge on any atom is -0.398 e. The molecule has 3 heteroatoms. The van der Waals surface area contributed by atoms with Crippen LogP contribution in [0.5, 0.6) is 0 Å². The highest BCUT2D eigenvalue weighted by atomic mass is 79.9. The number of rotatable bonds is 0. The predicted octanol–water partition coefficient (Wildman–Crippen LogP) is 4.16. The Kier molecular flexibility index (Phi) is 3.02. The van der Waals surface area contributed by atoms with Gasteiger partial charge in [-0.05, 0) is 55.9 Å². The second-order valence-electron chi connectivity index (χ2n) is 5.08. The molecule has 2 nitrogen and oxygen atoms in total. The van der Waals surface area contributed by atoms with E-state index in [0.29, 0.717) is 0 Å². The molecule has 1 aliphatic carbocycles. The van der Waals surface area contributed by atoms with E-state index in [0.717, 1.165) is 33.9 Å². The van der Waals surface area contributed by atoms with Gasteiger partial charge in [-0.15, -0.1) is 0 Å². The second kappa shape index (κ2) is 4.54. The van der Waals surface area contributed by atoms with E-state index in [2.05, 4.69) is 35.0 Å². The summed E-state index contributed by atoms with van der Waals surface area (Å²) >= 11 is 3.57. The molecule has 2 aromatic rings. The number of hydrogen-bond donors (Lipinski definition) is 1. The fourth-order valence-electron chi connectivity index (χ4n) is 2.81. The van der Waals surface area contributed by atoms with E-state index in [-0.39, 0.29) is 0 Å². The van der Waals surface area contributed by atoms with Crippen molar-refractivity contribution in [2.45, 2.75) is 39.0 Å². The summed E-state index contributed by atoms with van der Waals surface area (Å²) in [6.45, 7) is 2.10. The topological polar surface area (TPSA) is 38.9 Å². The van der Waals surface area contributed by atoms with Gasteiger partial charge in [-0.1, -0.05) is 22.4 Å². The number of halogens is 1. The van der Waals surface area contributed by atoms with Gasteiger partial charge in [0.05, 0.1) is 5.52 Å². The van der Waals surface area contributed by atoms with E-state index in [1.165, 1.54) is 36.1 Å². The van der Waals surface area contributed by atoms with Gasteiger partial charge in [0.1, 0.15) is 0 Å². The number of nitrogens with zero attached hydrogens (tertiary/aromatic N) is 1. The van der Waals surface area contributed by atoms with Gasteiger partial charge in [0, 0.05) is 21.2 Å². The number of fused-ring (bicyclic) bond motifs is 2. The van der Waals surface area contributed by atoms with Crippen molar-refractivity contribution in [2.24, 2.45) is 0 Å². The number of nitrogen functional groups attached to an aromatic ring is 1. The molecule has 0 saturated carbocycles. The lowest BCUT2D eigenvalue weighted by atomic mass is 10.0. The van der Waals surface area contributed by atoms with Crippen molar-refractivity contribution in [2.75, 3.05) is 5.73 Å². The smallest absolute Gasteiger partial charge is 0.0766 e. The summed E-state index contributed by atoms with van der Waals surface area (Å²) in [5, 5.41) is 1.11. The Morgan fingerprint density at radius 1 is 1.17 bits per heavy atom. The van der Waals surface area contributed by atoms with Gasteiger partial charge in [-0.3, -0.25) is 4.98 Å². The molecule has 1 aliphatic rings. The molecule has 0 unspecified atom stereocenters. The fraction of sp³-hybridized carbons (Fsp3) is 0.400. The van der Waals surface area contributed by atoms with Crippen molar-refractivity contribution >= 4 is 32.5 Å². The van der Waals surface area contributed by atoms with E-state index in [9.17, 15) is 0 Å². The zero-order chi connectivity index (χ0) is 12.7. The lowest BCUT2D eigenvalue weighted by Crippen LogP contribution is -2.04. The number of aromatic nitrogens is 1. The highest BCUT2D eigenvalue weighted by Gasteiger charge is 2.16. The van der Waals surface area contributed by atoms with Gasteiger partial charge in [0.2, 0.25) is 0 Å². The summed E-state index contributed by atoms with van der Waals surface area (Å²) < 4.78 is 1.11. The molecule has 2 N–H and O–H groups in total. The van der Waals surface area contributed by atoms with Crippen molar-refractivity contribution in [1.29, 1.82) is 0 Å². The quantitative estimate of drug-likeness (QED) is 0.742.